The van der Waals surface area contributed by atoms with Gasteiger partial charge in [0.25, 0.3) is 5.88 Å². The van der Waals surface area contributed by atoms with Gasteiger partial charge < -0.3 is 15.0 Å². The van der Waals surface area contributed by atoms with E-state index in [4.69, 9.17) is 10.5 Å². The van der Waals surface area contributed by atoms with E-state index in [0.717, 1.165) is 11.1 Å². The van der Waals surface area contributed by atoms with Crippen LogP contribution in [0.25, 0.3) is 0 Å². The van der Waals surface area contributed by atoms with Crippen LogP contribution in [0.5, 0.6) is 11.6 Å². The van der Waals surface area contributed by atoms with Gasteiger partial charge in [-0.3, -0.25) is 4.79 Å². The molecule has 0 aliphatic heterocycles. The number of benzene rings is 1. The third-order valence-corrected chi connectivity index (χ3v) is 2.76. The lowest BCUT2D eigenvalue weighted by atomic mass is 10.1. The molecule has 18 heavy (non-hydrogen) atoms. The van der Waals surface area contributed by atoms with E-state index >= 15 is 0 Å². The molecule has 0 bridgehead atoms. The van der Waals surface area contributed by atoms with Gasteiger partial charge in [-0.25, -0.2) is 4.98 Å². The fourth-order valence-electron chi connectivity index (χ4n) is 1.57. The standard InChI is InChI=1S/C13H15N3O2/c1-8-7-11(9(2)6-10(8)14)18-12-13(17)16(3)5-4-15-12/h4-7H,14H2,1-3H3. The molecule has 2 aromatic rings. The first kappa shape index (κ1) is 12.2. The Labute approximate surface area is 105 Å². The lowest BCUT2D eigenvalue weighted by molar-refractivity contribution is 0.445. The van der Waals surface area contributed by atoms with Crippen LogP contribution in [0.15, 0.2) is 29.3 Å². The maximum Gasteiger partial charge on any atom is 0.313 e. The second kappa shape index (κ2) is 4.52. The van der Waals surface area contributed by atoms with Crippen LogP contribution in [0.4, 0.5) is 5.69 Å². The van der Waals surface area contributed by atoms with Crippen molar-refractivity contribution in [3.05, 3.63) is 46.0 Å². The van der Waals surface area contributed by atoms with Crippen molar-refractivity contribution in [2.45, 2.75) is 13.8 Å². The van der Waals surface area contributed by atoms with Crippen LogP contribution >= 0.6 is 0 Å². The summed E-state index contributed by atoms with van der Waals surface area (Å²) >= 11 is 0. The molecule has 5 heteroatoms. The van der Waals surface area contributed by atoms with Crippen molar-refractivity contribution < 1.29 is 4.74 Å². The van der Waals surface area contributed by atoms with E-state index < -0.39 is 0 Å². The lowest BCUT2D eigenvalue weighted by Gasteiger charge is -2.10. The van der Waals surface area contributed by atoms with Gasteiger partial charge in [0.15, 0.2) is 0 Å². The Bertz CT molecular complexity index is 647. The number of nitrogen functional groups attached to an aromatic ring is 1. The van der Waals surface area contributed by atoms with Crippen molar-refractivity contribution in [1.29, 1.82) is 0 Å². The molecule has 0 unspecified atom stereocenters. The molecule has 0 aliphatic carbocycles. The summed E-state index contributed by atoms with van der Waals surface area (Å²) in [5.74, 6) is 0.657. The van der Waals surface area contributed by atoms with Crippen LogP contribution in [-0.2, 0) is 7.05 Å². The fourth-order valence-corrected chi connectivity index (χ4v) is 1.57. The predicted octanol–water partition coefficient (Wildman–Crippen LogP) is 1.77. The number of ether oxygens (including phenoxy) is 1. The zero-order valence-corrected chi connectivity index (χ0v) is 10.6. The number of aromatic nitrogens is 2. The summed E-state index contributed by atoms with van der Waals surface area (Å²) in [5, 5.41) is 0. The Morgan fingerprint density at radius 3 is 2.72 bits per heavy atom. The highest BCUT2D eigenvalue weighted by molar-refractivity contribution is 5.54. The summed E-state index contributed by atoms with van der Waals surface area (Å²) in [7, 11) is 1.65. The molecule has 0 saturated carbocycles. The van der Waals surface area contributed by atoms with E-state index in [9.17, 15) is 4.79 Å². The summed E-state index contributed by atoms with van der Waals surface area (Å²) in [6, 6.07) is 3.62. The minimum absolute atomic E-state index is 0.0623. The fraction of sp³-hybridized carbons (Fsp3) is 0.231. The minimum atomic E-state index is -0.272. The van der Waals surface area contributed by atoms with Gasteiger partial charge in [0.05, 0.1) is 0 Å². The van der Waals surface area contributed by atoms with Crippen molar-refractivity contribution in [3.8, 4) is 11.6 Å². The topological polar surface area (TPSA) is 70.1 Å². The SMILES string of the molecule is Cc1cc(Oc2nccn(C)c2=O)c(C)cc1N. The number of nitrogens with two attached hydrogens (primary N) is 1. The summed E-state index contributed by atoms with van der Waals surface area (Å²) in [4.78, 5) is 15.7. The lowest BCUT2D eigenvalue weighted by Crippen LogP contribution is -2.18. The van der Waals surface area contributed by atoms with Crippen LogP contribution in [0.1, 0.15) is 11.1 Å². The summed E-state index contributed by atoms with van der Waals surface area (Å²) in [6.45, 7) is 3.76. The van der Waals surface area contributed by atoms with E-state index in [2.05, 4.69) is 4.98 Å². The second-order valence-corrected chi connectivity index (χ2v) is 4.22. The molecule has 0 spiro atoms. The van der Waals surface area contributed by atoms with Gasteiger partial charge in [0, 0.05) is 25.1 Å². The molecule has 0 saturated heterocycles. The molecule has 94 valence electrons. The molecule has 0 atom stereocenters. The van der Waals surface area contributed by atoms with Crippen LogP contribution in [0.3, 0.4) is 0 Å². The number of rotatable bonds is 2. The first-order chi connectivity index (χ1) is 8.49. The molecule has 0 fully saturated rings. The third-order valence-electron chi connectivity index (χ3n) is 2.76. The highest BCUT2D eigenvalue weighted by Gasteiger charge is 2.09. The van der Waals surface area contributed by atoms with Crippen LogP contribution < -0.4 is 16.0 Å². The molecule has 0 radical (unpaired) electrons. The normalized spacial score (nSPS) is 10.4. The van der Waals surface area contributed by atoms with Crippen LogP contribution in [0, 0.1) is 13.8 Å². The highest BCUT2D eigenvalue weighted by Crippen LogP contribution is 2.26. The average Bonchev–Trinajstić information content (AvgIpc) is 2.32. The van der Waals surface area contributed by atoms with Gasteiger partial charge in [-0.05, 0) is 37.1 Å². The molecule has 1 heterocycles. The first-order valence-electron chi connectivity index (χ1n) is 5.55. The Balaban J connectivity index is 2.43. The van der Waals surface area contributed by atoms with Gasteiger partial charge in [-0.1, -0.05) is 0 Å². The van der Waals surface area contributed by atoms with Gasteiger partial charge >= 0.3 is 5.56 Å². The number of hydrogen-bond acceptors (Lipinski definition) is 4. The smallest absolute Gasteiger partial charge is 0.313 e. The highest BCUT2D eigenvalue weighted by atomic mass is 16.5. The molecule has 5 nitrogen and oxygen atoms in total. The summed E-state index contributed by atoms with van der Waals surface area (Å²) in [6.07, 6.45) is 3.10. The Hall–Kier alpha value is -2.30. The van der Waals surface area contributed by atoms with Crippen LogP contribution in [-0.4, -0.2) is 9.55 Å². The monoisotopic (exact) mass is 245 g/mol. The number of aryl methyl sites for hydroxylation is 3. The quantitative estimate of drug-likeness (QED) is 0.818. The van der Waals surface area contributed by atoms with Crippen LogP contribution in [0.2, 0.25) is 0 Å². The van der Waals surface area contributed by atoms with Gasteiger partial charge in [-0.2, -0.15) is 0 Å². The molecule has 0 amide bonds. The van der Waals surface area contributed by atoms with Crippen molar-refractivity contribution >= 4 is 5.69 Å². The Morgan fingerprint density at radius 2 is 2.00 bits per heavy atom. The molecular formula is C13H15N3O2. The van der Waals surface area contributed by atoms with E-state index in [-0.39, 0.29) is 11.4 Å². The van der Waals surface area contributed by atoms with E-state index in [1.807, 2.05) is 19.9 Å². The second-order valence-electron chi connectivity index (χ2n) is 4.22. The average molecular weight is 245 g/mol. The van der Waals surface area contributed by atoms with Gasteiger partial charge in [0.1, 0.15) is 5.75 Å². The largest absolute Gasteiger partial charge is 0.434 e. The van der Waals surface area contributed by atoms with E-state index in [0.29, 0.717) is 11.4 Å². The molecule has 2 N–H and O–H groups in total. The Morgan fingerprint density at radius 1 is 1.28 bits per heavy atom. The number of anilines is 1. The first-order valence-corrected chi connectivity index (χ1v) is 5.55. The van der Waals surface area contributed by atoms with Gasteiger partial charge in [-0.15, -0.1) is 0 Å². The molecule has 1 aromatic heterocycles. The molecule has 1 aromatic carbocycles. The van der Waals surface area contributed by atoms with Crippen molar-refractivity contribution in [1.82, 2.24) is 9.55 Å². The van der Waals surface area contributed by atoms with E-state index in [1.54, 1.807) is 19.3 Å². The van der Waals surface area contributed by atoms with Crippen molar-refractivity contribution in [2.24, 2.45) is 7.05 Å². The van der Waals surface area contributed by atoms with Gasteiger partial charge in [0.2, 0.25) is 0 Å². The van der Waals surface area contributed by atoms with Crippen molar-refractivity contribution in [2.75, 3.05) is 5.73 Å². The molecular weight excluding hydrogens is 230 g/mol. The Kier molecular flexibility index (Phi) is 3.06. The van der Waals surface area contributed by atoms with E-state index in [1.165, 1.54) is 10.8 Å². The molecule has 2 rings (SSSR count). The maximum absolute atomic E-state index is 11.8. The number of hydrogen-bond donors (Lipinski definition) is 1. The zero-order chi connectivity index (χ0) is 13.3. The summed E-state index contributed by atoms with van der Waals surface area (Å²) < 4.78 is 6.98. The third kappa shape index (κ3) is 2.20. The number of nitrogens with zero attached hydrogens (tertiary/aromatic N) is 2. The minimum Gasteiger partial charge on any atom is -0.434 e. The zero-order valence-electron chi connectivity index (χ0n) is 10.6. The maximum atomic E-state index is 11.8. The molecule has 0 aliphatic rings. The van der Waals surface area contributed by atoms with Crippen molar-refractivity contribution in [3.63, 3.8) is 0 Å². The predicted molar refractivity (Wildman–Crippen MR) is 69.9 cm³/mol. The summed E-state index contributed by atoms with van der Waals surface area (Å²) in [5.41, 5.74) is 8.00.